The number of aliphatic imine (C=N–C) groups is 1. The van der Waals surface area contributed by atoms with E-state index in [2.05, 4.69) is 51.5 Å². The largest absolute Gasteiger partial charge is 0.480 e. The van der Waals surface area contributed by atoms with Crippen LogP contribution in [0.1, 0.15) is 33.1 Å². The van der Waals surface area contributed by atoms with E-state index in [9.17, 15) is 34.2 Å². The molecule has 0 fully saturated rings. The number of hydrogen-bond acceptors (Lipinski definition) is 10. The maximum atomic E-state index is 13.2. The zero-order chi connectivity index (χ0) is 29.4. The molecular weight excluding hydrogens is 540 g/mol. The summed E-state index contributed by atoms with van der Waals surface area (Å²) in [5.41, 5.74) is 16.2. The topological polar surface area (TPSA) is 264 Å². The van der Waals surface area contributed by atoms with Crippen molar-refractivity contribution in [2.45, 2.75) is 63.3 Å². The summed E-state index contributed by atoms with van der Waals surface area (Å²) in [6.07, 6.45) is 0.446. The summed E-state index contributed by atoms with van der Waals surface area (Å²) in [5, 5.41) is 28.4. The molecular formula is C21H40N8O7S2. The molecule has 0 aromatic rings. The molecule has 12 N–H and O–H groups in total. The lowest BCUT2D eigenvalue weighted by Crippen LogP contribution is -2.59. The van der Waals surface area contributed by atoms with Gasteiger partial charge in [-0.2, -0.15) is 25.3 Å². The van der Waals surface area contributed by atoms with Crippen molar-refractivity contribution < 1.29 is 34.2 Å². The van der Waals surface area contributed by atoms with Gasteiger partial charge >= 0.3 is 5.97 Å². The highest BCUT2D eigenvalue weighted by Gasteiger charge is 2.31. The van der Waals surface area contributed by atoms with E-state index in [1.807, 2.05) is 0 Å². The van der Waals surface area contributed by atoms with E-state index in [4.69, 9.17) is 17.2 Å². The summed E-state index contributed by atoms with van der Waals surface area (Å²) in [7, 11) is 0. The SMILES string of the molecule is CC(C)C[C@H](NC(=O)[C@H](CCCN=C(N)N)NC(=O)[C@H](CO)NC(=O)[C@@H](N)CS)C(=O)N[C@@H](CS)C(=O)O. The van der Waals surface area contributed by atoms with Crippen LogP contribution in [0.4, 0.5) is 0 Å². The molecule has 0 rings (SSSR count). The van der Waals surface area contributed by atoms with Gasteiger partial charge in [0.15, 0.2) is 5.96 Å². The monoisotopic (exact) mass is 580 g/mol. The van der Waals surface area contributed by atoms with Gasteiger partial charge in [-0.15, -0.1) is 0 Å². The number of thiol groups is 2. The third-order valence-electron chi connectivity index (χ3n) is 5.06. The Morgan fingerprint density at radius 2 is 1.32 bits per heavy atom. The van der Waals surface area contributed by atoms with E-state index in [0.29, 0.717) is 0 Å². The number of carboxylic acid groups (broad SMARTS) is 1. The third kappa shape index (κ3) is 13.7. The van der Waals surface area contributed by atoms with E-state index >= 15 is 0 Å². The maximum absolute atomic E-state index is 13.2. The van der Waals surface area contributed by atoms with Crippen molar-refractivity contribution in [1.82, 2.24) is 21.3 Å². The van der Waals surface area contributed by atoms with Gasteiger partial charge in [0.25, 0.3) is 0 Å². The number of guanidine groups is 1. The molecule has 0 spiro atoms. The summed E-state index contributed by atoms with van der Waals surface area (Å²) < 4.78 is 0. The van der Waals surface area contributed by atoms with Crippen LogP contribution in [0.3, 0.4) is 0 Å². The Bertz CT molecular complexity index is 842. The lowest BCUT2D eigenvalue weighted by Gasteiger charge is -2.26. The molecule has 0 bridgehead atoms. The Morgan fingerprint density at radius 1 is 0.816 bits per heavy atom. The number of nitrogens with zero attached hydrogens (tertiary/aromatic N) is 1. The number of carboxylic acids is 1. The first-order valence-corrected chi connectivity index (χ1v) is 13.1. The molecule has 0 aliphatic carbocycles. The van der Waals surface area contributed by atoms with Gasteiger partial charge in [-0.3, -0.25) is 24.2 Å². The number of carbonyl (C=O) groups is 5. The van der Waals surface area contributed by atoms with Gasteiger partial charge < -0.3 is 48.7 Å². The summed E-state index contributed by atoms with van der Waals surface area (Å²) >= 11 is 7.83. The van der Waals surface area contributed by atoms with Crippen molar-refractivity contribution in [3.8, 4) is 0 Å². The third-order valence-corrected chi connectivity index (χ3v) is 5.82. The molecule has 4 amide bonds. The fourth-order valence-corrected chi connectivity index (χ4v) is 3.45. The minimum atomic E-state index is -1.41. The number of hydrogen-bond donors (Lipinski definition) is 11. The minimum Gasteiger partial charge on any atom is -0.480 e. The molecule has 0 saturated heterocycles. The van der Waals surface area contributed by atoms with Crippen molar-refractivity contribution in [3.05, 3.63) is 0 Å². The van der Waals surface area contributed by atoms with Gasteiger partial charge in [0, 0.05) is 18.1 Å². The van der Waals surface area contributed by atoms with E-state index in [-0.39, 0.29) is 49.2 Å². The predicted octanol–water partition coefficient (Wildman–Crippen LogP) is -3.71. The van der Waals surface area contributed by atoms with E-state index < -0.39 is 66.4 Å². The van der Waals surface area contributed by atoms with Crippen LogP contribution < -0.4 is 38.5 Å². The van der Waals surface area contributed by atoms with Crippen LogP contribution >= 0.6 is 25.3 Å². The number of aliphatic carboxylic acids is 1. The van der Waals surface area contributed by atoms with Crippen LogP contribution in [0.5, 0.6) is 0 Å². The van der Waals surface area contributed by atoms with Crippen molar-refractivity contribution in [1.29, 1.82) is 0 Å². The second kappa shape index (κ2) is 18.5. The van der Waals surface area contributed by atoms with Crippen LogP contribution in [0.2, 0.25) is 0 Å². The average molecular weight is 581 g/mol. The smallest absolute Gasteiger partial charge is 0.327 e. The van der Waals surface area contributed by atoms with E-state index in [1.54, 1.807) is 13.8 Å². The predicted molar refractivity (Wildman–Crippen MR) is 147 cm³/mol. The maximum Gasteiger partial charge on any atom is 0.327 e. The van der Waals surface area contributed by atoms with Crippen molar-refractivity contribution in [3.63, 3.8) is 0 Å². The normalized spacial score (nSPS) is 14.8. The van der Waals surface area contributed by atoms with Gasteiger partial charge in [-0.1, -0.05) is 13.8 Å². The molecule has 0 aliphatic heterocycles. The van der Waals surface area contributed by atoms with Crippen LogP contribution in [-0.2, 0) is 24.0 Å². The van der Waals surface area contributed by atoms with E-state index in [0.717, 1.165) is 0 Å². The fraction of sp³-hybridized carbons (Fsp3) is 0.714. The van der Waals surface area contributed by atoms with Crippen LogP contribution in [0.15, 0.2) is 4.99 Å². The first kappa shape index (κ1) is 35.2. The Morgan fingerprint density at radius 3 is 1.79 bits per heavy atom. The number of amides is 4. The fourth-order valence-electron chi connectivity index (χ4n) is 3.03. The molecule has 0 aromatic carbocycles. The highest BCUT2D eigenvalue weighted by Crippen LogP contribution is 2.08. The lowest BCUT2D eigenvalue weighted by atomic mass is 10.0. The van der Waals surface area contributed by atoms with Crippen LogP contribution in [-0.4, -0.2) is 101 Å². The number of aliphatic hydroxyl groups excluding tert-OH is 1. The Balaban J connectivity index is 5.74. The van der Waals surface area contributed by atoms with Crippen molar-refractivity contribution in [2.24, 2.45) is 28.1 Å². The number of nitrogens with one attached hydrogen (secondary N) is 4. The summed E-state index contributed by atoms with van der Waals surface area (Å²) in [5.74, 6) is -4.78. The molecule has 0 radical (unpaired) electrons. The van der Waals surface area contributed by atoms with Gasteiger partial charge in [-0.05, 0) is 25.2 Å². The molecule has 17 heteroatoms. The summed E-state index contributed by atoms with van der Waals surface area (Å²) in [4.78, 5) is 65.9. The molecule has 38 heavy (non-hydrogen) atoms. The first-order valence-electron chi connectivity index (χ1n) is 11.8. The van der Waals surface area contributed by atoms with Gasteiger partial charge in [0.05, 0.1) is 12.6 Å². The Hall–Kier alpha value is -2.76. The van der Waals surface area contributed by atoms with Crippen LogP contribution in [0, 0.1) is 5.92 Å². The molecule has 5 atom stereocenters. The van der Waals surface area contributed by atoms with E-state index in [1.165, 1.54) is 0 Å². The Labute approximate surface area is 232 Å². The highest BCUT2D eigenvalue weighted by molar-refractivity contribution is 7.80. The second-order valence-corrected chi connectivity index (χ2v) is 9.55. The van der Waals surface area contributed by atoms with Gasteiger partial charge in [-0.25, -0.2) is 4.79 Å². The average Bonchev–Trinajstić information content (AvgIpc) is 2.85. The minimum absolute atomic E-state index is 0.00329. The number of nitrogens with two attached hydrogens (primary N) is 3. The molecule has 0 saturated carbocycles. The summed E-state index contributed by atoms with van der Waals surface area (Å²) in [6, 6.07) is -6.05. The molecule has 0 unspecified atom stereocenters. The zero-order valence-electron chi connectivity index (χ0n) is 21.4. The van der Waals surface area contributed by atoms with Crippen molar-refractivity contribution >= 4 is 60.8 Å². The lowest BCUT2D eigenvalue weighted by molar-refractivity contribution is -0.141. The van der Waals surface area contributed by atoms with Crippen LogP contribution in [0.25, 0.3) is 0 Å². The number of carbonyl (C=O) groups excluding carboxylic acids is 4. The number of rotatable bonds is 18. The molecule has 218 valence electrons. The Kier molecular flexibility index (Phi) is 17.1. The van der Waals surface area contributed by atoms with Crippen molar-refractivity contribution in [2.75, 3.05) is 24.7 Å². The number of aliphatic hydroxyl groups is 1. The quantitative estimate of drug-likeness (QED) is 0.0327. The summed E-state index contributed by atoms with van der Waals surface area (Å²) in [6.45, 7) is 2.96. The molecule has 15 nitrogen and oxygen atoms in total. The zero-order valence-corrected chi connectivity index (χ0v) is 23.2. The molecule has 0 aromatic heterocycles. The molecule has 0 heterocycles. The standard InChI is InChI=1S/C21H40N8O7S2/c1-10(2)6-13(18(33)29-15(9-38)20(35)36)27-17(32)12(4-3-5-25-21(23)24)26-19(34)14(7-30)28-16(31)11(22)8-37/h10-15,30,37-38H,3-9,22H2,1-2H3,(H,26,34)(H,27,32)(H,28,31)(H,29,33)(H,35,36)(H4,23,24,25)/t11-,12-,13-,14-,15-/m0/s1. The first-order chi connectivity index (χ1) is 17.8. The highest BCUT2D eigenvalue weighted by atomic mass is 32.1. The van der Waals surface area contributed by atoms with Gasteiger partial charge in [0.2, 0.25) is 23.6 Å². The van der Waals surface area contributed by atoms with Gasteiger partial charge in [0.1, 0.15) is 24.2 Å². The second-order valence-electron chi connectivity index (χ2n) is 8.82. The molecule has 0 aliphatic rings.